The van der Waals surface area contributed by atoms with Crippen LogP contribution >= 0.6 is 0 Å². The fourth-order valence-electron chi connectivity index (χ4n) is 1.68. The van der Waals surface area contributed by atoms with Crippen molar-refractivity contribution in [3.05, 3.63) is 41.1 Å². The van der Waals surface area contributed by atoms with Gasteiger partial charge in [0.1, 0.15) is 11.4 Å². The number of carbonyl (C=O) groups excluding carboxylic acids is 1. The zero-order valence-electron chi connectivity index (χ0n) is 13.2. The van der Waals surface area contributed by atoms with E-state index in [1.165, 1.54) is 5.12 Å². The minimum atomic E-state index is -0.899. The van der Waals surface area contributed by atoms with Gasteiger partial charge in [0.25, 0.3) is 5.91 Å². The average Bonchev–Trinajstić information content (AvgIpc) is 2.54. The number of nitrogens with two attached hydrogens (primary N) is 4. The average molecular weight is 331 g/mol. The Hall–Kier alpha value is -3.40. The number of primary amides is 1. The molecule has 0 aliphatic rings. The largest absolute Gasteiger partial charge is 0.397 e. The van der Waals surface area contributed by atoms with Crippen molar-refractivity contribution in [1.82, 2.24) is 5.12 Å². The van der Waals surface area contributed by atoms with E-state index in [1.807, 2.05) is 6.92 Å². The van der Waals surface area contributed by atoms with E-state index in [4.69, 9.17) is 33.9 Å². The minimum Gasteiger partial charge on any atom is -0.397 e. The molecule has 0 aliphatic carbocycles. The highest BCUT2D eigenvalue weighted by molar-refractivity contribution is 6.25. The van der Waals surface area contributed by atoms with E-state index in [0.29, 0.717) is 17.8 Å². The molecule has 10 heteroatoms. The van der Waals surface area contributed by atoms with Gasteiger partial charge in [-0.15, -0.1) is 5.10 Å². The number of hydrazine groups is 1. The molecule has 10 nitrogen and oxygen atoms in total. The normalized spacial score (nSPS) is 12.2. The van der Waals surface area contributed by atoms with Gasteiger partial charge in [-0.05, 0) is 31.2 Å². The summed E-state index contributed by atoms with van der Waals surface area (Å²) in [6.07, 6.45) is 0.753. The van der Waals surface area contributed by atoms with Crippen molar-refractivity contribution in [2.24, 2.45) is 28.1 Å². The second-order valence-corrected chi connectivity index (χ2v) is 4.66. The van der Waals surface area contributed by atoms with Crippen LogP contribution in [0, 0.1) is 10.8 Å². The first kappa shape index (κ1) is 18.6. The molecule has 1 aromatic carbocycles. The van der Waals surface area contributed by atoms with Crippen molar-refractivity contribution in [1.29, 1.82) is 10.8 Å². The summed E-state index contributed by atoms with van der Waals surface area (Å²) < 4.78 is 0. The van der Waals surface area contributed by atoms with Crippen molar-refractivity contribution in [3.8, 4) is 0 Å². The lowest BCUT2D eigenvalue weighted by molar-refractivity contribution is -0.114. The Morgan fingerprint density at radius 1 is 1.29 bits per heavy atom. The Morgan fingerprint density at radius 3 is 2.33 bits per heavy atom. The molecule has 0 bridgehead atoms. The van der Waals surface area contributed by atoms with E-state index in [-0.39, 0.29) is 22.9 Å². The maximum atomic E-state index is 11.4. The van der Waals surface area contributed by atoms with Gasteiger partial charge in [-0.1, -0.05) is 0 Å². The Bertz CT molecular complexity index is 691. The van der Waals surface area contributed by atoms with Crippen LogP contribution in [0.3, 0.4) is 0 Å². The van der Waals surface area contributed by atoms with E-state index < -0.39 is 5.91 Å². The quantitative estimate of drug-likeness (QED) is 0.113. The molecular formula is C14H21N9O. The van der Waals surface area contributed by atoms with E-state index in [1.54, 1.807) is 24.3 Å². The van der Waals surface area contributed by atoms with Gasteiger partial charge in [0.15, 0.2) is 5.84 Å². The summed E-state index contributed by atoms with van der Waals surface area (Å²) >= 11 is 0. The van der Waals surface area contributed by atoms with Gasteiger partial charge in [-0.2, -0.15) is 0 Å². The van der Waals surface area contributed by atoms with Crippen LogP contribution in [0.2, 0.25) is 0 Å². The van der Waals surface area contributed by atoms with E-state index in [2.05, 4.69) is 10.4 Å². The lowest BCUT2D eigenvalue weighted by Crippen LogP contribution is -2.29. The van der Waals surface area contributed by atoms with E-state index >= 15 is 0 Å². The second kappa shape index (κ2) is 8.29. The molecule has 0 spiro atoms. The molecule has 0 heterocycles. The van der Waals surface area contributed by atoms with Gasteiger partial charge in [-0.3, -0.25) is 10.2 Å². The summed E-state index contributed by atoms with van der Waals surface area (Å²) in [6, 6.07) is 6.62. The first-order valence-corrected chi connectivity index (χ1v) is 6.92. The molecule has 0 saturated heterocycles. The monoisotopic (exact) mass is 331 g/mol. The Kier molecular flexibility index (Phi) is 6.44. The SMILES string of the molecule is CCN(N)/N=C(\N)c1ccc(NC(=N)/C(C(N)=O)=C(\N)C=N)cc1. The first-order valence-electron chi connectivity index (χ1n) is 6.92. The summed E-state index contributed by atoms with van der Waals surface area (Å²) in [7, 11) is 0. The van der Waals surface area contributed by atoms with Crippen LogP contribution in [0.25, 0.3) is 0 Å². The molecule has 0 fully saturated rings. The molecule has 11 N–H and O–H groups in total. The summed E-state index contributed by atoms with van der Waals surface area (Å²) in [5.41, 5.74) is 17.2. The van der Waals surface area contributed by atoms with Crippen LogP contribution in [-0.4, -0.2) is 35.5 Å². The van der Waals surface area contributed by atoms with Crippen molar-refractivity contribution in [2.45, 2.75) is 6.92 Å². The molecule has 24 heavy (non-hydrogen) atoms. The van der Waals surface area contributed by atoms with Gasteiger partial charge in [-0.25, -0.2) is 11.0 Å². The molecule has 1 aromatic rings. The fourth-order valence-corrected chi connectivity index (χ4v) is 1.68. The Balaban J connectivity index is 2.95. The lowest BCUT2D eigenvalue weighted by Gasteiger charge is -2.12. The standard InChI is InChI=1S/C14H21N9O/c1-2-23(20)22-12(17)8-3-5-9(6-4-8)21-13(18)11(14(19)24)10(16)7-15/h3-7,15H,2,16,20H2,1H3,(H2,17,22)(H2,18,21)(H2,19,24)/b11-10+,15-7?. The molecular weight excluding hydrogens is 310 g/mol. The highest BCUT2D eigenvalue weighted by Gasteiger charge is 2.15. The third-order valence-electron chi connectivity index (χ3n) is 2.95. The maximum absolute atomic E-state index is 11.4. The highest BCUT2D eigenvalue weighted by Crippen LogP contribution is 2.12. The highest BCUT2D eigenvalue weighted by atomic mass is 16.1. The van der Waals surface area contributed by atoms with E-state index in [9.17, 15) is 4.79 Å². The number of hydrogen-bond donors (Lipinski definition) is 7. The molecule has 128 valence electrons. The number of hydrazone groups is 1. The van der Waals surface area contributed by atoms with Crippen molar-refractivity contribution < 1.29 is 4.79 Å². The summed E-state index contributed by atoms with van der Waals surface area (Å²) in [4.78, 5) is 11.4. The Labute approximate surface area is 139 Å². The third-order valence-corrected chi connectivity index (χ3v) is 2.95. The smallest absolute Gasteiger partial charge is 0.254 e. The van der Waals surface area contributed by atoms with E-state index in [0.717, 1.165) is 6.21 Å². The first-order chi connectivity index (χ1) is 11.3. The van der Waals surface area contributed by atoms with Crippen LogP contribution < -0.4 is 28.4 Å². The molecule has 0 aliphatic heterocycles. The maximum Gasteiger partial charge on any atom is 0.254 e. The molecule has 0 unspecified atom stereocenters. The van der Waals surface area contributed by atoms with Gasteiger partial charge in [0.2, 0.25) is 0 Å². The van der Waals surface area contributed by atoms with Crippen molar-refractivity contribution in [3.63, 3.8) is 0 Å². The molecule has 0 radical (unpaired) electrons. The van der Waals surface area contributed by atoms with Gasteiger partial charge in [0, 0.05) is 17.5 Å². The second-order valence-electron chi connectivity index (χ2n) is 4.66. The summed E-state index contributed by atoms with van der Waals surface area (Å²) in [5, 5.41) is 22.8. The van der Waals surface area contributed by atoms with Crippen LogP contribution in [0.5, 0.6) is 0 Å². The third kappa shape index (κ3) is 4.81. The van der Waals surface area contributed by atoms with Gasteiger partial charge >= 0.3 is 0 Å². The number of benzene rings is 1. The van der Waals surface area contributed by atoms with Gasteiger partial charge < -0.3 is 27.9 Å². The molecule has 0 aromatic heterocycles. The van der Waals surface area contributed by atoms with Crippen molar-refractivity contribution >= 4 is 29.5 Å². The Morgan fingerprint density at radius 2 is 1.88 bits per heavy atom. The summed E-state index contributed by atoms with van der Waals surface area (Å²) in [6.45, 7) is 2.34. The predicted molar refractivity (Wildman–Crippen MR) is 94.3 cm³/mol. The number of carbonyl (C=O) groups is 1. The topological polar surface area (TPSA) is 196 Å². The van der Waals surface area contributed by atoms with Crippen LogP contribution in [0.15, 0.2) is 40.6 Å². The number of nitrogens with zero attached hydrogens (tertiary/aromatic N) is 2. The zero-order valence-corrected chi connectivity index (χ0v) is 13.2. The van der Waals surface area contributed by atoms with Crippen LogP contribution in [-0.2, 0) is 4.79 Å². The zero-order chi connectivity index (χ0) is 18.3. The number of hydrogen-bond acceptors (Lipinski definition) is 7. The number of rotatable bonds is 7. The summed E-state index contributed by atoms with van der Waals surface area (Å²) in [5.74, 6) is 4.59. The fraction of sp³-hybridized carbons (Fsp3) is 0.143. The van der Waals surface area contributed by atoms with Crippen LogP contribution in [0.1, 0.15) is 12.5 Å². The molecule has 0 atom stereocenters. The number of amidine groups is 2. The predicted octanol–water partition coefficient (Wildman–Crippen LogP) is -0.761. The number of allylic oxidation sites excluding steroid dienone is 1. The molecule has 1 rings (SSSR count). The number of nitrogens with one attached hydrogen (secondary N) is 3. The molecule has 0 saturated carbocycles. The minimum absolute atomic E-state index is 0.199. The van der Waals surface area contributed by atoms with Gasteiger partial charge in [0.05, 0.1) is 12.2 Å². The number of anilines is 1. The number of amides is 1. The van der Waals surface area contributed by atoms with Crippen LogP contribution in [0.4, 0.5) is 5.69 Å². The van der Waals surface area contributed by atoms with Crippen molar-refractivity contribution in [2.75, 3.05) is 11.9 Å². The molecule has 1 amide bonds. The lowest BCUT2D eigenvalue weighted by atomic mass is 10.1.